The Morgan fingerprint density at radius 3 is 2.45 bits per heavy atom. The predicted octanol–water partition coefficient (Wildman–Crippen LogP) is 3.44. The predicted molar refractivity (Wildman–Crippen MR) is 120 cm³/mol. The van der Waals surface area contributed by atoms with E-state index >= 15 is 0 Å². The van der Waals surface area contributed by atoms with Crippen LogP contribution in [0, 0.1) is 5.92 Å². The van der Waals surface area contributed by atoms with Crippen LogP contribution in [0.15, 0.2) is 66.7 Å². The summed E-state index contributed by atoms with van der Waals surface area (Å²) in [6, 6.07) is 16.5. The second kappa shape index (κ2) is 7.75. The van der Waals surface area contributed by atoms with Crippen molar-refractivity contribution in [1.29, 1.82) is 0 Å². The zero-order valence-electron chi connectivity index (χ0n) is 16.9. The third kappa shape index (κ3) is 3.94. The van der Waals surface area contributed by atoms with E-state index in [0.29, 0.717) is 17.9 Å². The molecule has 2 aliphatic rings. The highest BCUT2D eigenvalue weighted by molar-refractivity contribution is 5.99. The number of anilines is 2. The van der Waals surface area contributed by atoms with E-state index in [1.807, 2.05) is 60.7 Å². The summed E-state index contributed by atoms with van der Waals surface area (Å²) < 4.78 is 0. The van der Waals surface area contributed by atoms with Crippen LogP contribution in [0.2, 0.25) is 0 Å². The summed E-state index contributed by atoms with van der Waals surface area (Å²) >= 11 is 0. The zero-order chi connectivity index (χ0) is 21.4. The Morgan fingerprint density at radius 1 is 1.03 bits per heavy atom. The number of rotatable bonds is 5. The molecule has 1 saturated carbocycles. The number of carbonyl (C=O) groups is 2. The van der Waals surface area contributed by atoms with Crippen LogP contribution in [0.5, 0.6) is 0 Å². The van der Waals surface area contributed by atoms with E-state index in [0.717, 1.165) is 35.4 Å². The summed E-state index contributed by atoms with van der Waals surface area (Å²) in [5.74, 6) is -0.0155. The van der Waals surface area contributed by atoms with Gasteiger partial charge in [-0.25, -0.2) is 0 Å². The smallest absolute Gasteiger partial charge is 0.251 e. The van der Waals surface area contributed by atoms with Crippen LogP contribution in [-0.2, 0) is 9.59 Å². The second-order valence-corrected chi connectivity index (χ2v) is 7.99. The summed E-state index contributed by atoms with van der Waals surface area (Å²) in [7, 11) is 0. The maximum Gasteiger partial charge on any atom is 0.251 e. The van der Waals surface area contributed by atoms with Gasteiger partial charge in [0.25, 0.3) is 5.91 Å². The zero-order valence-corrected chi connectivity index (χ0v) is 16.9. The van der Waals surface area contributed by atoms with Crippen molar-refractivity contribution < 1.29 is 9.59 Å². The van der Waals surface area contributed by atoms with Crippen molar-refractivity contribution in [3.63, 3.8) is 0 Å². The summed E-state index contributed by atoms with van der Waals surface area (Å²) in [6.45, 7) is 0.502. The number of carbonyl (C=O) groups excluding carboxylic acids is 2. The van der Waals surface area contributed by atoms with Crippen LogP contribution >= 0.6 is 0 Å². The average Bonchev–Trinajstić information content (AvgIpc) is 3.31. The van der Waals surface area contributed by atoms with Crippen molar-refractivity contribution in [3.05, 3.63) is 66.7 Å². The van der Waals surface area contributed by atoms with Crippen LogP contribution in [0.1, 0.15) is 12.8 Å². The Hall–Kier alpha value is -3.87. The molecule has 1 aliphatic heterocycles. The minimum atomic E-state index is -0.540. The second-order valence-electron chi connectivity index (χ2n) is 7.99. The van der Waals surface area contributed by atoms with Crippen molar-refractivity contribution in [1.82, 2.24) is 15.1 Å². The Bertz CT molecular complexity index is 1140. The highest BCUT2D eigenvalue weighted by Crippen LogP contribution is 2.33. The highest BCUT2D eigenvalue weighted by atomic mass is 16.2. The quantitative estimate of drug-likeness (QED) is 0.440. The van der Waals surface area contributed by atoms with Crippen LogP contribution in [-0.4, -0.2) is 39.5 Å². The van der Waals surface area contributed by atoms with E-state index in [9.17, 15) is 9.59 Å². The van der Waals surface area contributed by atoms with E-state index in [4.69, 9.17) is 5.73 Å². The molecule has 0 unspecified atom stereocenters. The van der Waals surface area contributed by atoms with Crippen molar-refractivity contribution in [2.24, 2.45) is 5.92 Å². The standard InChI is InChI=1S/C24H23N5O2/c25-18-9-5-15(6-10-18)20-14-21(28-27-20)16-7-11-19(12-8-16)26-23(30)22-2-1-13-29(22)24(31)17-3-4-17/h1-2,5-12,14,17,22H,3-4,13,25H2,(H,26,30)(H,27,28)/t22-/m0/s1. The minimum absolute atomic E-state index is 0.0796. The summed E-state index contributed by atoms with van der Waals surface area (Å²) in [5.41, 5.74) is 10.8. The molecule has 0 saturated heterocycles. The van der Waals surface area contributed by atoms with Gasteiger partial charge in [-0.2, -0.15) is 5.10 Å². The molecule has 2 heterocycles. The SMILES string of the molecule is Nc1ccc(-c2cc(-c3ccc(NC(=O)[C@@H]4C=CCN4C(=O)C4CC4)cc3)n[nH]2)cc1. The molecule has 3 aromatic rings. The molecule has 0 spiro atoms. The normalized spacial score (nSPS) is 17.7. The number of nitrogens with one attached hydrogen (secondary N) is 2. The number of nitrogen functional groups attached to an aromatic ring is 1. The van der Waals surface area contributed by atoms with E-state index in [1.54, 1.807) is 11.0 Å². The molecule has 31 heavy (non-hydrogen) atoms. The van der Waals surface area contributed by atoms with Gasteiger partial charge < -0.3 is 16.0 Å². The lowest BCUT2D eigenvalue weighted by Gasteiger charge is -2.23. The number of benzene rings is 2. The van der Waals surface area contributed by atoms with Crippen LogP contribution < -0.4 is 11.1 Å². The molecule has 0 bridgehead atoms. The lowest BCUT2D eigenvalue weighted by molar-refractivity contribution is -0.137. The Kier molecular flexibility index (Phi) is 4.78. The van der Waals surface area contributed by atoms with Crippen molar-refractivity contribution >= 4 is 23.2 Å². The third-order valence-electron chi connectivity index (χ3n) is 5.68. The van der Waals surface area contributed by atoms with Gasteiger partial charge in [-0.15, -0.1) is 0 Å². The largest absolute Gasteiger partial charge is 0.399 e. The molecule has 5 rings (SSSR count). The first-order valence-corrected chi connectivity index (χ1v) is 10.4. The van der Waals surface area contributed by atoms with E-state index in [1.165, 1.54) is 0 Å². The summed E-state index contributed by atoms with van der Waals surface area (Å²) in [5, 5.41) is 10.4. The van der Waals surface area contributed by atoms with Gasteiger partial charge in [-0.3, -0.25) is 14.7 Å². The minimum Gasteiger partial charge on any atom is -0.399 e. The first-order valence-electron chi connectivity index (χ1n) is 10.4. The third-order valence-corrected chi connectivity index (χ3v) is 5.68. The molecule has 1 aliphatic carbocycles. The molecule has 1 atom stereocenters. The van der Waals surface area contributed by atoms with E-state index in [2.05, 4.69) is 15.5 Å². The number of hydrogen-bond acceptors (Lipinski definition) is 4. The molecular formula is C24H23N5O2. The highest BCUT2D eigenvalue weighted by Gasteiger charge is 2.38. The van der Waals surface area contributed by atoms with Gasteiger partial charge >= 0.3 is 0 Å². The molecule has 4 N–H and O–H groups in total. The summed E-state index contributed by atoms with van der Waals surface area (Å²) in [6.07, 6.45) is 5.53. The topological polar surface area (TPSA) is 104 Å². The number of aromatic amines is 1. The number of nitrogens with zero attached hydrogens (tertiary/aromatic N) is 2. The molecule has 7 nitrogen and oxygen atoms in total. The van der Waals surface area contributed by atoms with Crippen LogP contribution in [0.3, 0.4) is 0 Å². The molecule has 7 heteroatoms. The molecule has 1 aromatic heterocycles. The molecule has 2 amide bonds. The van der Waals surface area contributed by atoms with E-state index in [-0.39, 0.29) is 17.7 Å². The van der Waals surface area contributed by atoms with Gasteiger partial charge in [-0.1, -0.05) is 36.4 Å². The Balaban J connectivity index is 1.26. The molecule has 0 radical (unpaired) electrons. The number of amides is 2. The maximum atomic E-state index is 12.7. The molecule has 156 valence electrons. The Labute approximate surface area is 179 Å². The van der Waals surface area contributed by atoms with Crippen molar-refractivity contribution in [2.75, 3.05) is 17.6 Å². The average molecular weight is 413 g/mol. The van der Waals surface area contributed by atoms with Gasteiger partial charge in [-0.05, 0) is 48.7 Å². The molecule has 2 aromatic carbocycles. The fourth-order valence-corrected chi connectivity index (χ4v) is 3.76. The Morgan fingerprint density at radius 2 is 1.74 bits per heavy atom. The van der Waals surface area contributed by atoms with Gasteiger partial charge in [0.1, 0.15) is 6.04 Å². The van der Waals surface area contributed by atoms with Gasteiger partial charge in [0.05, 0.1) is 11.4 Å². The fourth-order valence-electron chi connectivity index (χ4n) is 3.76. The van der Waals surface area contributed by atoms with Crippen LogP contribution in [0.4, 0.5) is 11.4 Å². The van der Waals surface area contributed by atoms with Crippen molar-refractivity contribution in [2.45, 2.75) is 18.9 Å². The monoisotopic (exact) mass is 413 g/mol. The van der Waals surface area contributed by atoms with Gasteiger partial charge in [0.2, 0.25) is 5.91 Å². The van der Waals surface area contributed by atoms with E-state index < -0.39 is 6.04 Å². The first-order chi connectivity index (χ1) is 15.1. The number of hydrogen-bond donors (Lipinski definition) is 3. The first kappa shape index (κ1) is 19.1. The maximum absolute atomic E-state index is 12.7. The lowest BCUT2D eigenvalue weighted by atomic mass is 10.1. The lowest BCUT2D eigenvalue weighted by Crippen LogP contribution is -2.44. The number of nitrogens with two attached hydrogens (primary N) is 1. The fraction of sp³-hybridized carbons (Fsp3) is 0.208. The number of H-pyrrole nitrogens is 1. The van der Waals surface area contributed by atoms with Crippen LogP contribution in [0.25, 0.3) is 22.5 Å². The summed E-state index contributed by atoms with van der Waals surface area (Å²) in [4.78, 5) is 26.8. The number of aromatic nitrogens is 2. The molecule has 1 fully saturated rings. The van der Waals surface area contributed by atoms with Gasteiger partial charge in [0.15, 0.2) is 0 Å². The molecular weight excluding hydrogens is 390 g/mol. The van der Waals surface area contributed by atoms with Crippen molar-refractivity contribution in [3.8, 4) is 22.5 Å². The van der Waals surface area contributed by atoms with Gasteiger partial charge in [0, 0.05) is 29.4 Å².